The quantitative estimate of drug-likeness (QED) is 0.489. The highest BCUT2D eigenvalue weighted by Crippen LogP contribution is 2.02. The zero-order valence-electron chi connectivity index (χ0n) is 8.16. The van der Waals surface area contributed by atoms with E-state index in [-0.39, 0.29) is 25.5 Å². The number of aliphatic carboxylic acids is 1. The summed E-state index contributed by atoms with van der Waals surface area (Å²) in [5.74, 6) is -0.885. The van der Waals surface area contributed by atoms with E-state index in [0.29, 0.717) is 19.3 Å². The smallest absolute Gasteiger partial charge is 0.303 e. The van der Waals surface area contributed by atoms with Gasteiger partial charge >= 0.3 is 5.97 Å². The van der Waals surface area contributed by atoms with Crippen LogP contribution in [-0.4, -0.2) is 35.2 Å². The molecule has 0 aliphatic heterocycles. The van der Waals surface area contributed by atoms with Crippen LogP contribution < -0.4 is 5.32 Å². The van der Waals surface area contributed by atoms with Gasteiger partial charge in [-0.2, -0.15) is 0 Å². The number of hydrogen-bond donors (Lipinski definition) is 3. The van der Waals surface area contributed by atoms with Gasteiger partial charge in [-0.25, -0.2) is 0 Å². The predicted molar refractivity (Wildman–Crippen MR) is 50.8 cm³/mol. The first-order chi connectivity index (χ1) is 6.66. The topological polar surface area (TPSA) is 86.6 Å². The first kappa shape index (κ1) is 12.9. The van der Waals surface area contributed by atoms with Crippen LogP contribution in [0.3, 0.4) is 0 Å². The van der Waals surface area contributed by atoms with Crippen LogP contribution in [0.5, 0.6) is 0 Å². The van der Waals surface area contributed by atoms with Gasteiger partial charge in [0, 0.05) is 19.4 Å². The molecule has 0 saturated carbocycles. The third-order valence-corrected chi connectivity index (χ3v) is 1.73. The zero-order valence-corrected chi connectivity index (χ0v) is 8.16. The Morgan fingerprint density at radius 1 is 1.07 bits per heavy atom. The number of nitrogens with one attached hydrogen (secondary N) is 1. The van der Waals surface area contributed by atoms with E-state index in [2.05, 4.69) is 5.32 Å². The third-order valence-electron chi connectivity index (χ3n) is 1.73. The Hall–Kier alpha value is -1.10. The maximum Gasteiger partial charge on any atom is 0.303 e. The van der Waals surface area contributed by atoms with Crippen LogP contribution in [0.25, 0.3) is 0 Å². The average Bonchev–Trinajstić information content (AvgIpc) is 2.13. The number of hydrogen-bond acceptors (Lipinski definition) is 3. The van der Waals surface area contributed by atoms with E-state index in [1.54, 1.807) is 0 Å². The van der Waals surface area contributed by atoms with Gasteiger partial charge in [0.2, 0.25) is 5.91 Å². The van der Waals surface area contributed by atoms with E-state index in [4.69, 9.17) is 10.2 Å². The lowest BCUT2D eigenvalue weighted by molar-refractivity contribution is -0.137. The maximum absolute atomic E-state index is 11.0. The molecule has 0 spiro atoms. The fourth-order valence-corrected chi connectivity index (χ4v) is 1.02. The van der Waals surface area contributed by atoms with Crippen molar-refractivity contribution in [3.8, 4) is 0 Å². The van der Waals surface area contributed by atoms with E-state index in [1.807, 2.05) is 0 Å². The lowest BCUT2D eigenvalue weighted by Gasteiger charge is -2.02. The van der Waals surface area contributed by atoms with Crippen LogP contribution >= 0.6 is 0 Å². The summed E-state index contributed by atoms with van der Waals surface area (Å²) in [7, 11) is 0. The molecule has 0 bridgehead atoms. The molecule has 0 radical (unpaired) electrons. The summed E-state index contributed by atoms with van der Waals surface area (Å²) in [5, 5.41) is 19.3. The van der Waals surface area contributed by atoms with Crippen molar-refractivity contribution in [1.82, 2.24) is 5.32 Å². The van der Waals surface area contributed by atoms with Crippen molar-refractivity contribution in [2.75, 3.05) is 13.2 Å². The van der Waals surface area contributed by atoms with Crippen molar-refractivity contribution < 1.29 is 19.8 Å². The Labute approximate surface area is 83.1 Å². The number of carbonyl (C=O) groups excluding carboxylic acids is 1. The van der Waals surface area contributed by atoms with Gasteiger partial charge in [0.05, 0.1) is 6.61 Å². The number of carbonyl (C=O) groups is 2. The lowest BCUT2D eigenvalue weighted by Crippen LogP contribution is -2.25. The van der Waals surface area contributed by atoms with Crippen molar-refractivity contribution in [3.63, 3.8) is 0 Å². The number of amides is 1. The highest BCUT2D eigenvalue weighted by molar-refractivity contribution is 5.75. The molecule has 0 fully saturated rings. The van der Waals surface area contributed by atoms with Crippen molar-refractivity contribution in [1.29, 1.82) is 0 Å². The number of aliphatic hydroxyl groups excluding tert-OH is 1. The Morgan fingerprint density at radius 3 is 2.29 bits per heavy atom. The highest BCUT2D eigenvalue weighted by Gasteiger charge is 2.00. The normalized spacial score (nSPS) is 9.79. The van der Waals surface area contributed by atoms with E-state index in [9.17, 15) is 9.59 Å². The molecule has 1 amide bonds. The minimum absolute atomic E-state index is 0.0508. The maximum atomic E-state index is 11.0. The second kappa shape index (κ2) is 8.50. The molecule has 5 heteroatoms. The number of carboxylic acid groups (broad SMARTS) is 1. The fourth-order valence-electron chi connectivity index (χ4n) is 1.02. The average molecular weight is 203 g/mol. The molecule has 82 valence electrons. The molecule has 0 atom stereocenters. The molecule has 0 aromatic carbocycles. The molecule has 0 aromatic rings. The predicted octanol–water partition coefficient (Wildman–Crippen LogP) is 0.130. The molecular weight excluding hydrogens is 186 g/mol. The summed E-state index contributed by atoms with van der Waals surface area (Å²) in [6.45, 7) is 0.235. The van der Waals surface area contributed by atoms with Gasteiger partial charge in [-0.15, -0.1) is 0 Å². The number of carboxylic acids is 1. The Kier molecular flexibility index (Phi) is 7.83. The van der Waals surface area contributed by atoms with Gasteiger partial charge in [0.25, 0.3) is 0 Å². The van der Waals surface area contributed by atoms with E-state index in [1.165, 1.54) is 0 Å². The number of aliphatic hydroxyl groups is 1. The lowest BCUT2D eigenvalue weighted by atomic mass is 10.1. The van der Waals surface area contributed by atoms with Crippen LogP contribution in [-0.2, 0) is 9.59 Å². The number of rotatable bonds is 8. The molecule has 0 rings (SSSR count). The van der Waals surface area contributed by atoms with Gasteiger partial charge in [-0.05, 0) is 12.8 Å². The third kappa shape index (κ3) is 8.99. The number of unbranched alkanes of at least 4 members (excludes halogenated alkanes) is 2. The summed E-state index contributed by atoms with van der Waals surface area (Å²) < 4.78 is 0. The van der Waals surface area contributed by atoms with Gasteiger partial charge in [-0.1, -0.05) is 6.42 Å². The Balaban J connectivity index is 3.19. The largest absolute Gasteiger partial charge is 0.481 e. The van der Waals surface area contributed by atoms with Crippen LogP contribution in [0.2, 0.25) is 0 Å². The van der Waals surface area contributed by atoms with Gasteiger partial charge in [-0.3, -0.25) is 9.59 Å². The minimum atomic E-state index is -0.797. The van der Waals surface area contributed by atoms with Crippen LogP contribution in [0.4, 0.5) is 0 Å². The van der Waals surface area contributed by atoms with Crippen molar-refractivity contribution in [2.24, 2.45) is 0 Å². The fraction of sp³-hybridized carbons (Fsp3) is 0.778. The molecule has 0 aliphatic carbocycles. The van der Waals surface area contributed by atoms with Gasteiger partial charge in [0.15, 0.2) is 0 Å². The van der Waals surface area contributed by atoms with E-state index in [0.717, 1.165) is 6.42 Å². The molecule has 0 unspecified atom stereocenters. The monoisotopic (exact) mass is 203 g/mol. The van der Waals surface area contributed by atoms with Crippen LogP contribution in [0, 0.1) is 0 Å². The Bertz CT molecular complexity index is 182. The summed E-state index contributed by atoms with van der Waals surface area (Å²) in [5.41, 5.74) is 0. The molecule has 0 aromatic heterocycles. The molecule has 3 N–H and O–H groups in total. The minimum Gasteiger partial charge on any atom is -0.481 e. The van der Waals surface area contributed by atoms with Crippen LogP contribution in [0.15, 0.2) is 0 Å². The van der Waals surface area contributed by atoms with Gasteiger partial charge in [0.1, 0.15) is 0 Å². The van der Waals surface area contributed by atoms with Crippen molar-refractivity contribution in [2.45, 2.75) is 32.1 Å². The summed E-state index contributed by atoms with van der Waals surface area (Å²) in [6.07, 6.45) is 2.63. The van der Waals surface area contributed by atoms with Crippen molar-refractivity contribution in [3.05, 3.63) is 0 Å². The molecule has 14 heavy (non-hydrogen) atoms. The van der Waals surface area contributed by atoms with E-state index < -0.39 is 5.97 Å². The first-order valence-corrected chi connectivity index (χ1v) is 4.76. The SMILES string of the molecule is O=C(O)CCCCCC(=O)NCCO. The van der Waals surface area contributed by atoms with E-state index >= 15 is 0 Å². The van der Waals surface area contributed by atoms with Crippen LogP contribution in [0.1, 0.15) is 32.1 Å². The summed E-state index contributed by atoms with van der Waals surface area (Å²) in [6, 6.07) is 0. The highest BCUT2D eigenvalue weighted by atomic mass is 16.4. The Morgan fingerprint density at radius 2 is 1.71 bits per heavy atom. The molecule has 0 aliphatic rings. The second-order valence-electron chi connectivity index (χ2n) is 3.03. The standard InChI is InChI=1S/C9H17NO4/c11-7-6-10-8(12)4-2-1-3-5-9(13)14/h11H,1-7H2,(H,10,12)(H,13,14). The molecule has 0 heterocycles. The molecule has 0 saturated heterocycles. The summed E-state index contributed by atoms with van der Waals surface area (Å²) in [4.78, 5) is 21.1. The first-order valence-electron chi connectivity index (χ1n) is 4.76. The molecule has 5 nitrogen and oxygen atoms in total. The van der Waals surface area contributed by atoms with Crippen molar-refractivity contribution >= 4 is 11.9 Å². The second-order valence-corrected chi connectivity index (χ2v) is 3.03. The summed E-state index contributed by atoms with van der Waals surface area (Å²) >= 11 is 0. The molecular formula is C9H17NO4. The zero-order chi connectivity index (χ0) is 10.8. The van der Waals surface area contributed by atoms with Gasteiger partial charge < -0.3 is 15.5 Å².